The topological polar surface area (TPSA) is 122 Å². The van der Waals surface area contributed by atoms with Crippen molar-refractivity contribution in [3.63, 3.8) is 0 Å². The molecule has 10 heteroatoms. The average molecular weight is 317 g/mol. The van der Waals surface area contributed by atoms with Crippen LogP contribution in [-0.2, 0) is 16.4 Å². The predicted octanol–water partition coefficient (Wildman–Crippen LogP) is 0.659. The number of nitrogens with zero attached hydrogens (tertiary/aromatic N) is 2. The van der Waals surface area contributed by atoms with E-state index in [0.717, 1.165) is 17.7 Å². The molecule has 0 aliphatic carbocycles. The van der Waals surface area contributed by atoms with Crippen molar-refractivity contribution in [1.29, 1.82) is 0 Å². The Bertz CT molecular complexity index is 705. The molecule has 0 spiro atoms. The summed E-state index contributed by atoms with van der Waals surface area (Å²) >= 11 is 0.884. The minimum Gasteiger partial charge on any atom is -0.477 e. The molecule has 0 fully saturated rings. The lowest BCUT2D eigenvalue weighted by molar-refractivity contribution is 0.0698. The Morgan fingerprint density at radius 3 is 2.90 bits per heavy atom. The maximum Gasteiger partial charge on any atom is 0.347 e. The molecular weight excluding hydrogens is 306 g/mol. The number of sulfonamides is 1. The fourth-order valence-electron chi connectivity index (χ4n) is 1.59. The van der Waals surface area contributed by atoms with Crippen LogP contribution in [0.15, 0.2) is 21.2 Å². The number of carbonyl (C=O) groups is 1. The molecule has 0 aliphatic heterocycles. The zero-order valence-corrected chi connectivity index (χ0v) is 12.0. The molecule has 0 aliphatic rings. The Morgan fingerprint density at radius 1 is 1.55 bits per heavy atom. The van der Waals surface area contributed by atoms with E-state index in [1.165, 1.54) is 5.38 Å². The molecule has 0 amide bonds. The van der Waals surface area contributed by atoms with Gasteiger partial charge in [0.1, 0.15) is 9.77 Å². The van der Waals surface area contributed by atoms with Gasteiger partial charge in [-0.15, -0.1) is 11.3 Å². The molecule has 0 radical (unpaired) electrons. The van der Waals surface area contributed by atoms with Crippen LogP contribution in [0.4, 0.5) is 0 Å². The normalized spacial score (nSPS) is 11.7. The lowest BCUT2D eigenvalue weighted by atomic mass is 10.3. The molecule has 2 aromatic heterocycles. The second kappa shape index (κ2) is 5.69. The van der Waals surface area contributed by atoms with Gasteiger partial charge >= 0.3 is 5.97 Å². The fraction of sp³-hybridized carbons (Fsp3) is 0.300. The number of nitrogens with one attached hydrogen (secondary N) is 1. The SMILES string of the molecule is Cc1csc(C(=O)O)c1S(=O)(=O)NCCc1ncon1. The Balaban J connectivity index is 2.14. The first-order chi connectivity index (χ1) is 9.42. The quantitative estimate of drug-likeness (QED) is 0.802. The lowest BCUT2D eigenvalue weighted by Gasteiger charge is -2.06. The van der Waals surface area contributed by atoms with Gasteiger partial charge in [-0.3, -0.25) is 0 Å². The second-order valence-electron chi connectivity index (χ2n) is 3.88. The van der Waals surface area contributed by atoms with E-state index < -0.39 is 16.0 Å². The van der Waals surface area contributed by atoms with Crippen molar-refractivity contribution >= 4 is 27.3 Å². The first kappa shape index (κ1) is 14.6. The molecule has 2 N–H and O–H groups in total. The number of aromatic carboxylic acids is 1. The van der Waals surface area contributed by atoms with Crippen LogP contribution >= 0.6 is 11.3 Å². The minimum absolute atomic E-state index is 0.0518. The van der Waals surface area contributed by atoms with Crippen LogP contribution in [0.3, 0.4) is 0 Å². The largest absolute Gasteiger partial charge is 0.477 e. The summed E-state index contributed by atoms with van der Waals surface area (Å²) in [6, 6.07) is 0. The molecule has 2 heterocycles. The molecule has 2 aromatic rings. The maximum absolute atomic E-state index is 12.1. The van der Waals surface area contributed by atoms with Crippen LogP contribution in [0.25, 0.3) is 0 Å². The summed E-state index contributed by atoms with van der Waals surface area (Å²) in [7, 11) is -3.88. The monoisotopic (exact) mass is 317 g/mol. The van der Waals surface area contributed by atoms with Crippen molar-refractivity contribution in [2.24, 2.45) is 0 Å². The van der Waals surface area contributed by atoms with Crippen molar-refractivity contribution < 1.29 is 22.8 Å². The zero-order chi connectivity index (χ0) is 14.8. The smallest absolute Gasteiger partial charge is 0.347 e. The third-order valence-electron chi connectivity index (χ3n) is 2.43. The Hall–Kier alpha value is -1.78. The molecule has 0 saturated carbocycles. The molecule has 0 saturated heterocycles. The Morgan fingerprint density at radius 2 is 2.30 bits per heavy atom. The van der Waals surface area contributed by atoms with E-state index in [1.807, 2.05) is 0 Å². The van der Waals surface area contributed by atoms with E-state index >= 15 is 0 Å². The lowest BCUT2D eigenvalue weighted by Crippen LogP contribution is -2.27. The highest BCUT2D eigenvalue weighted by molar-refractivity contribution is 7.89. The van der Waals surface area contributed by atoms with Crippen molar-refractivity contribution in [2.75, 3.05) is 6.54 Å². The zero-order valence-electron chi connectivity index (χ0n) is 10.4. The standard InChI is InChI=1S/C10H11N3O5S2/c1-6-4-19-8(10(14)15)9(6)20(16,17)12-3-2-7-11-5-18-13-7/h4-5,12H,2-3H2,1H3,(H,14,15). The van der Waals surface area contributed by atoms with Gasteiger partial charge in [-0.1, -0.05) is 5.16 Å². The predicted molar refractivity (Wildman–Crippen MR) is 69.2 cm³/mol. The number of aromatic nitrogens is 2. The van der Waals surface area contributed by atoms with Crippen molar-refractivity contribution in [1.82, 2.24) is 14.9 Å². The number of hydrogen-bond acceptors (Lipinski definition) is 7. The molecule has 108 valence electrons. The third-order valence-corrected chi connectivity index (χ3v) is 5.29. The van der Waals surface area contributed by atoms with Gasteiger partial charge in [-0.05, 0) is 17.9 Å². The maximum atomic E-state index is 12.1. The number of rotatable bonds is 6. The number of carboxylic acid groups (broad SMARTS) is 1. The van der Waals surface area contributed by atoms with E-state index in [9.17, 15) is 13.2 Å². The van der Waals surface area contributed by atoms with E-state index in [-0.39, 0.29) is 22.7 Å². The summed E-state index contributed by atoms with van der Waals surface area (Å²) in [6.07, 6.45) is 1.40. The van der Waals surface area contributed by atoms with Crippen LogP contribution < -0.4 is 4.72 Å². The number of carboxylic acids is 1. The van der Waals surface area contributed by atoms with Gasteiger partial charge in [-0.2, -0.15) is 4.98 Å². The Labute approximate surface area is 118 Å². The van der Waals surface area contributed by atoms with E-state index in [1.54, 1.807) is 6.92 Å². The van der Waals surface area contributed by atoms with Gasteiger partial charge < -0.3 is 9.63 Å². The first-order valence-corrected chi connectivity index (χ1v) is 7.84. The van der Waals surface area contributed by atoms with Crippen molar-refractivity contribution in [3.05, 3.63) is 28.0 Å². The molecule has 2 rings (SSSR count). The summed E-state index contributed by atoms with van der Waals surface area (Å²) in [4.78, 5) is 14.4. The highest BCUT2D eigenvalue weighted by Crippen LogP contribution is 2.26. The van der Waals surface area contributed by atoms with Crippen molar-refractivity contribution in [2.45, 2.75) is 18.2 Å². The molecular formula is C10H11N3O5S2. The van der Waals surface area contributed by atoms with Gasteiger partial charge in [0.15, 0.2) is 5.82 Å². The summed E-state index contributed by atoms with van der Waals surface area (Å²) in [5.74, 6) is -0.894. The number of aryl methyl sites for hydroxylation is 1. The molecule has 8 nitrogen and oxygen atoms in total. The highest BCUT2D eigenvalue weighted by atomic mass is 32.2. The summed E-state index contributed by atoms with van der Waals surface area (Å²) in [5.41, 5.74) is 0.402. The van der Waals surface area contributed by atoms with E-state index in [2.05, 4.69) is 19.4 Å². The van der Waals surface area contributed by atoms with Gasteiger partial charge in [-0.25, -0.2) is 17.9 Å². The fourth-order valence-corrected chi connectivity index (χ4v) is 4.25. The van der Waals surface area contributed by atoms with Crippen LogP contribution in [0.2, 0.25) is 0 Å². The number of hydrogen-bond donors (Lipinski definition) is 2. The highest BCUT2D eigenvalue weighted by Gasteiger charge is 2.26. The van der Waals surface area contributed by atoms with Gasteiger partial charge in [0.2, 0.25) is 16.4 Å². The average Bonchev–Trinajstić information content (AvgIpc) is 2.98. The molecule has 0 bridgehead atoms. The third kappa shape index (κ3) is 3.03. The van der Waals surface area contributed by atoms with E-state index in [4.69, 9.17) is 5.11 Å². The van der Waals surface area contributed by atoms with Crippen LogP contribution in [-0.4, -0.2) is 36.2 Å². The van der Waals surface area contributed by atoms with Gasteiger partial charge in [0.25, 0.3) is 0 Å². The minimum atomic E-state index is -3.88. The Kier molecular flexibility index (Phi) is 4.16. The van der Waals surface area contributed by atoms with Gasteiger partial charge in [0, 0.05) is 13.0 Å². The molecule has 20 heavy (non-hydrogen) atoms. The molecule has 0 atom stereocenters. The molecule has 0 aromatic carbocycles. The number of thiophene rings is 1. The van der Waals surface area contributed by atoms with Crippen molar-refractivity contribution in [3.8, 4) is 0 Å². The summed E-state index contributed by atoms with van der Waals surface area (Å²) in [6.45, 7) is 1.60. The van der Waals surface area contributed by atoms with Crippen LogP contribution in [0, 0.1) is 6.92 Å². The van der Waals surface area contributed by atoms with E-state index in [0.29, 0.717) is 11.4 Å². The van der Waals surface area contributed by atoms with Gasteiger partial charge in [0.05, 0.1) is 0 Å². The van der Waals surface area contributed by atoms with Crippen LogP contribution in [0.1, 0.15) is 21.1 Å². The summed E-state index contributed by atoms with van der Waals surface area (Å²) in [5, 5.41) is 14.0. The molecule has 0 unspecified atom stereocenters. The summed E-state index contributed by atoms with van der Waals surface area (Å²) < 4.78 is 31.1. The van der Waals surface area contributed by atoms with Crippen LogP contribution in [0.5, 0.6) is 0 Å². The first-order valence-electron chi connectivity index (χ1n) is 5.48. The second-order valence-corrected chi connectivity index (χ2v) is 6.46.